The highest BCUT2D eigenvalue weighted by Crippen LogP contribution is 2.23. The van der Waals surface area contributed by atoms with Crippen LogP contribution in [-0.2, 0) is 0 Å². The van der Waals surface area contributed by atoms with Crippen LogP contribution in [0, 0.1) is 5.92 Å². The normalized spacial score (nSPS) is 18.6. The van der Waals surface area contributed by atoms with Gasteiger partial charge >= 0.3 is 0 Å². The highest BCUT2D eigenvalue weighted by molar-refractivity contribution is 9.09. The number of nitrogens with zero attached hydrogens (tertiary/aromatic N) is 1. The molecule has 0 aliphatic carbocycles. The lowest BCUT2D eigenvalue weighted by atomic mass is 10.1. The van der Waals surface area contributed by atoms with Gasteiger partial charge < -0.3 is 4.90 Å². The van der Waals surface area contributed by atoms with Crippen molar-refractivity contribution < 1.29 is 4.79 Å². The second kappa shape index (κ2) is 5.96. The van der Waals surface area contributed by atoms with E-state index in [1.54, 1.807) is 0 Å². The van der Waals surface area contributed by atoms with Crippen molar-refractivity contribution in [3.8, 4) is 0 Å². The van der Waals surface area contributed by atoms with Gasteiger partial charge in [-0.15, -0.1) is 0 Å². The lowest BCUT2D eigenvalue weighted by molar-refractivity contribution is 0.0787. The fourth-order valence-corrected chi connectivity index (χ4v) is 3.56. The van der Waals surface area contributed by atoms with E-state index in [1.165, 1.54) is 5.39 Å². The summed E-state index contributed by atoms with van der Waals surface area (Å²) < 4.78 is 0. The van der Waals surface area contributed by atoms with Crippen molar-refractivity contribution in [1.82, 2.24) is 4.90 Å². The number of benzene rings is 2. The number of carbonyl (C=O) groups excluding carboxylic acids is 1. The molecule has 1 unspecified atom stereocenters. The predicted octanol–water partition coefficient (Wildman–Crippen LogP) is 4.09. The van der Waals surface area contributed by atoms with E-state index >= 15 is 0 Å². The van der Waals surface area contributed by atoms with Crippen molar-refractivity contribution in [1.29, 1.82) is 0 Å². The minimum atomic E-state index is 0.174. The average molecular weight is 332 g/mol. The standard InChI is InChI=1S/C17H18BrNO/c18-9-7-13-8-10-19(12-13)17(20)16-6-5-14-3-1-2-4-15(14)11-16/h1-6,11,13H,7-10,12H2. The van der Waals surface area contributed by atoms with Gasteiger partial charge in [0.25, 0.3) is 5.91 Å². The fraction of sp³-hybridized carbons (Fsp3) is 0.353. The molecule has 2 aromatic rings. The zero-order valence-corrected chi connectivity index (χ0v) is 13.0. The monoisotopic (exact) mass is 331 g/mol. The summed E-state index contributed by atoms with van der Waals surface area (Å²) in [7, 11) is 0. The summed E-state index contributed by atoms with van der Waals surface area (Å²) in [6.45, 7) is 1.79. The average Bonchev–Trinajstić information content (AvgIpc) is 2.95. The smallest absolute Gasteiger partial charge is 0.253 e. The van der Waals surface area contributed by atoms with Gasteiger partial charge in [-0.3, -0.25) is 4.79 Å². The molecular formula is C17H18BrNO. The number of alkyl halides is 1. The highest BCUT2D eigenvalue weighted by atomic mass is 79.9. The topological polar surface area (TPSA) is 20.3 Å². The highest BCUT2D eigenvalue weighted by Gasteiger charge is 2.26. The number of fused-ring (bicyclic) bond motifs is 1. The minimum absolute atomic E-state index is 0.174. The Kier molecular flexibility index (Phi) is 4.06. The molecule has 0 N–H and O–H groups in total. The van der Waals surface area contributed by atoms with Gasteiger partial charge in [-0.2, -0.15) is 0 Å². The number of likely N-dealkylation sites (tertiary alicyclic amines) is 1. The molecule has 1 aliphatic heterocycles. The minimum Gasteiger partial charge on any atom is -0.338 e. The zero-order valence-electron chi connectivity index (χ0n) is 11.4. The second-order valence-electron chi connectivity index (χ2n) is 5.45. The maximum absolute atomic E-state index is 12.6. The molecular weight excluding hydrogens is 314 g/mol. The first-order chi connectivity index (χ1) is 9.78. The van der Waals surface area contributed by atoms with Gasteiger partial charge in [-0.05, 0) is 41.7 Å². The lowest BCUT2D eigenvalue weighted by Gasteiger charge is -2.16. The van der Waals surface area contributed by atoms with Crippen LogP contribution in [0.25, 0.3) is 10.8 Å². The van der Waals surface area contributed by atoms with Gasteiger partial charge in [-0.1, -0.05) is 46.3 Å². The number of amides is 1. The molecule has 20 heavy (non-hydrogen) atoms. The van der Waals surface area contributed by atoms with Crippen molar-refractivity contribution in [2.24, 2.45) is 5.92 Å². The van der Waals surface area contributed by atoms with Gasteiger partial charge in [0.05, 0.1) is 0 Å². The van der Waals surface area contributed by atoms with Gasteiger partial charge in [0.1, 0.15) is 0 Å². The molecule has 1 aliphatic rings. The Labute approximate surface area is 127 Å². The van der Waals surface area contributed by atoms with Crippen LogP contribution in [-0.4, -0.2) is 29.2 Å². The Bertz CT molecular complexity index is 625. The SMILES string of the molecule is O=C(c1ccc2ccccc2c1)N1CCC(CCBr)C1. The first kappa shape index (κ1) is 13.6. The van der Waals surface area contributed by atoms with Crippen molar-refractivity contribution in [3.05, 3.63) is 48.0 Å². The molecule has 1 fully saturated rings. The molecule has 0 saturated carbocycles. The quantitative estimate of drug-likeness (QED) is 0.776. The van der Waals surface area contributed by atoms with Gasteiger partial charge in [-0.25, -0.2) is 0 Å². The summed E-state index contributed by atoms with van der Waals surface area (Å²) in [4.78, 5) is 14.6. The van der Waals surface area contributed by atoms with Crippen LogP contribution >= 0.6 is 15.9 Å². The lowest BCUT2D eigenvalue weighted by Crippen LogP contribution is -2.28. The van der Waals surface area contributed by atoms with E-state index in [4.69, 9.17) is 0 Å². The van der Waals surface area contributed by atoms with Gasteiger partial charge in [0, 0.05) is 24.0 Å². The Hall–Kier alpha value is -1.35. The van der Waals surface area contributed by atoms with Crippen molar-refractivity contribution in [3.63, 3.8) is 0 Å². The summed E-state index contributed by atoms with van der Waals surface area (Å²) in [5.41, 5.74) is 0.809. The van der Waals surface area contributed by atoms with E-state index in [9.17, 15) is 4.79 Å². The molecule has 1 amide bonds. The maximum atomic E-state index is 12.6. The van der Waals surface area contributed by atoms with E-state index in [2.05, 4.69) is 28.1 Å². The third-order valence-corrected chi connectivity index (χ3v) is 4.54. The van der Waals surface area contributed by atoms with E-state index in [0.717, 1.165) is 42.2 Å². The Morgan fingerprint density at radius 3 is 2.80 bits per heavy atom. The van der Waals surface area contributed by atoms with E-state index < -0.39 is 0 Å². The van der Waals surface area contributed by atoms with Crippen LogP contribution in [0.1, 0.15) is 23.2 Å². The van der Waals surface area contributed by atoms with E-state index in [1.807, 2.05) is 35.2 Å². The number of hydrogen-bond donors (Lipinski definition) is 0. The fourth-order valence-electron chi connectivity index (χ4n) is 2.91. The summed E-state index contributed by atoms with van der Waals surface area (Å²) in [5, 5.41) is 3.34. The molecule has 0 aromatic heterocycles. The first-order valence-corrected chi connectivity index (χ1v) is 8.24. The van der Waals surface area contributed by atoms with Crippen LogP contribution in [0.5, 0.6) is 0 Å². The Balaban J connectivity index is 1.79. The molecule has 1 atom stereocenters. The molecule has 0 radical (unpaired) electrons. The summed E-state index contributed by atoms with van der Waals surface area (Å²) >= 11 is 3.48. The predicted molar refractivity (Wildman–Crippen MR) is 86.4 cm³/mol. The van der Waals surface area contributed by atoms with Crippen LogP contribution in [0.4, 0.5) is 0 Å². The molecule has 1 saturated heterocycles. The summed E-state index contributed by atoms with van der Waals surface area (Å²) in [6, 6.07) is 14.2. The van der Waals surface area contributed by atoms with Gasteiger partial charge in [0.2, 0.25) is 0 Å². The Morgan fingerprint density at radius 2 is 2.00 bits per heavy atom. The van der Waals surface area contributed by atoms with Gasteiger partial charge in [0.15, 0.2) is 0 Å². The number of hydrogen-bond acceptors (Lipinski definition) is 1. The van der Waals surface area contributed by atoms with E-state index in [0.29, 0.717) is 5.92 Å². The third kappa shape index (κ3) is 2.73. The van der Waals surface area contributed by atoms with Crippen molar-refractivity contribution in [2.45, 2.75) is 12.8 Å². The number of carbonyl (C=O) groups is 1. The number of halogens is 1. The summed E-state index contributed by atoms with van der Waals surface area (Å²) in [6.07, 6.45) is 2.28. The third-order valence-electron chi connectivity index (χ3n) is 4.09. The molecule has 2 aromatic carbocycles. The molecule has 1 heterocycles. The van der Waals surface area contributed by atoms with Crippen LogP contribution in [0.3, 0.4) is 0 Å². The molecule has 2 nitrogen and oxygen atoms in total. The van der Waals surface area contributed by atoms with Crippen LogP contribution in [0.15, 0.2) is 42.5 Å². The first-order valence-electron chi connectivity index (χ1n) is 7.12. The molecule has 3 rings (SSSR count). The van der Waals surface area contributed by atoms with Crippen molar-refractivity contribution in [2.75, 3.05) is 18.4 Å². The zero-order chi connectivity index (χ0) is 13.9. The molecule has 104 valence electrons. The molecule has 0 bridgehead atoms. The molecule has 0 spiro atoms. The van der Waals surface area contributed by atoms with Crippen molar-refractivity contribution >= 4 is 32.6 Å². The largest absolute Gasteiger partial charge is 0.338 e. The summed E-state index contributed by atoms with van der Waals surface area (Å²) in [5.74, 6) is 0.826. The number of rotatable bonds is 3. The van der Waals surface area contributed by atoms with Crippen LogP contribution < -0.4 is 0 Å². The van der Waals surface area contributed by atoms with E-state index in [-0.39, 0.29) is 5.91 Å². The maximum Gasteiger partial charge on any atom is 0.253 e. The molecule has 3 heteroatoms. The second-order valence-corrected chi connectivity index (χ2v) is 6.24. The van der Waals surface area contributed by atoms with Crippen LogP contribution in [0.2, 0.25) is 0 Å². The Morgan fingerprint density at radius 1 is 1.20 bits per heavy atom.